The molecule has 6 heteroatoms. The van der Waals surface area contributed by atoms with Crippen LogP contribution < -0.4 is 16.0 Å². The molecule has 0 atom stereocenters. The van der Waals surface area contributed by atoms with E-state index >= 15 is 0 Å². The topological polar surface area (TPSA) is 78.9 Å². The molecular formula is C12H21N5O. The van der Waals surface area contributed by atoms with Crippen molar-refractivity contribution in [2.24, 2.45) is 0 Å². The van der Waals surface area contributed by atoms with Gasteiger partial charge in [0.2, 0.25) is 5.91 Å². The molecule has 1 rings (SSSR count). The van der Waals surface area contributed by atoms with Gasteiger partial charge in [-0.1, -0.05) is 0 Å². The van der Waals surface area contributed by atoms with Gasteiger partial charge in [0.05, 0.1) is 0 Å². The molecule has 0 spiro atoms. The van der Waals surface area contributed by atoms with Gasteiger partial charge in [-0.25, -0.2) is 9.97 Å². The molecule has 0 aliphatic heterocycles. The van der Waals surface area contributed by atoms with Crippen molar-refractivity contribution in [3.8, 4) is 0 Å². The number of carbonyl (C=O) groups excluding carboxylic acids is 1. The summed E-state index contributed by atoms with van der Waals surface area (Å²) in [6, 6.07) is 0. The van der Waals surface area contributed by atoms with Crippen molar-refractivity contribution in [1.29, 1.82) is 0 Å². The number of nitrogens with one attached hydrogen (secondary N) is 3. The smallest absolute Gasteiger partial charge is 0.221 e. The predicted molar refractivity (Wildman–Crippen MR) is 72.8 cm³/mol. The predicted octanol–water partition coefficient (Wildman–Crippen LogP) is 1.07. The lowest BCUT2D eigenvalue weighted by atomic mass is 10.3. The molecule has 0 aromatic carbocycles. The second-order valence-corrected chi connectivity index (χ2v) is 3.97. The Labute approximate surface area is 108 Å². The highest BCUT2D eigenvalue weighted by atomic mass is 16.1. The molecule has 18 heavy (non-hydrogen) atoms. The standard InChI is InChI=1S/C12H21N5O/c1-5-14-10(18)6-7-15-12-8(2)11(13-4)16-9(3)17-12/h5-7H2,1-4H3,(H,14,18)(H2,13,15,16,17). The highest BCUT2D eigenvalue weighted by molar-refractivity contribution is 5.76. The largest absolute Gasteiger partial charge is 0.373 e. The number of hydrogen-bond donors (Lipinski definition) is 3. The van der Waals surface area contributed by atoms with Crippen LogP contribution in [-0.2, 0) is 4.79 Å². The quantitative estimate of drug-likeness (QED) is 0.705. The number of amides is 1. The van der Waals surface area contributed by atoms with Crippen LogP contribution in [0, 0.1) is 13.8 Å². The van der Waals surface area contributed by atoms with Crippen molar-refractivity contribution < 1.29 is 4.79 Å². The minimum absolute atomic E-state index is 0.0438. The highest BCUT2D eigenvalue weighted by Gasteiger charge is 2.08. The molecule has 0 bridgehead atoms. The van der Waals surface area contributed by atoms with E-state index in [4.69, 9.17) is 0 Å². The molecular weight excluding hydrogens is 230 g/mol. The van der Waals surface area contributed by atoms with Crippen LogP contribution in [0.15, 0.2) is 0 Å². The molecule has 0 aliphatic rings. The Hall–Kier alpha value is -1.85. The first-order chi connectivity index (χ1) is 8.58. The Morgan fingerprint density at radius 2 is 1.89 bits per heavy atom. The third-order valence-corrected chi connectivity index (χ3v) is 2.51. The van der Waals surface area contributed by atoms with Gasteiger partial charge in [-0.15, -0.1) is 0 Å². The Morgan fingerprint density at radius 3 is 2.50 bits per heavy atom. The zero-order valence-corrected chi connectivity index (χ0v) is 11.4. The molecule has 1 aromatic heterocycles. The lowest BCUT2D eigenvalue weighted by Crippen LogP contribution is -2.25. The second kappa shape index (κ2) is 6.78. The van der Waals surface area contributed by atoms with E-state index in [0.717, 1.165) is 17.2 Å². The monoisotopic (exact) mass is 251 g/mol. The first kappa shape index (κ1) is 14.2. The second-order valence-electron chi connectivity index (χ2n) is 3.97. The van der Waals surface area contributed by atoms with Gasteiger partial charge in [0.25, 0.3) is 0 Å². The van der Waals surface area contributed by atoms with Crippen LogP contribution in [0.5, 0.6) is 0 Å². The van der Waals surface area contributed by atoms with Crippen molar-refractivity contribution in [1.82, 2.24) is 15.3 Å². The summed E-state index contributed by atoms with van der Waals surface area (Å²) < 4.78 is 0. The zero-order chi connectivity index (χ0) is 13.5. The molecule has 6 nitrogen and oxygen atoms in total. The molecule has 0 fully saturated rings. The summed E-state index contributed by atoms with van der Waals surface area (Å²) in [6.07, 6.45) is 0.436. The van der Waals surface area contributed by atoms with Crippen molar-refractivity contribution in [3.05, 3.63) is 11.4 Å². The fraction of sp³-hybridized carbons (Fsp3) is 0.583. The number of aromatic nitrogens is 2. The van der Waals surface area contributed by atoms with Gasteiger partial charge in [0, 0.05) is 32.1 Å². The van der Waals surface area contributed by atoms with Gasteiger partial charge in [0.1, 0.15) is 17.5 Å². The SMILES string of the molecule is CCNC(=O)CCNc1nc(C)nc(NC)c1C. The van der Waals surface area contributed by atoms with E-state index in [1.165, 1.54) is 0 Å². The molecule has 1 amide bonds. The lowest BCUT2D eigenvalue weighted by Gasteiger charge is -2.12. The summed E-state index contributed by atoms with van der Waals surface area (Å²) in [7, 11) is 1.83. The molecule has 0 saturated carbocycles. The van der Waals surface area contributed by atoms with Gasteiger partial charge >= 0.3 is 0 Å². The Bertz CT molecular complexity index is 419. The van der Waals surface area contributed by atoms with Gasteiger partial charge in [0.15, 0.2) is 0 Å². The molecule has 0 saturated heterocycles. The zero-order valence-electron chi connectivity index (χ0n) is 11.4. The minimum atomic E-state index is 0.0438. The molecule has 0 radical (unpaired) electrons. The average Bonchev–Trinajstić information content (AvgIpc) is 2.33. The first-order valence-corrected chi connectivity index (χ1v) is 6.12. The summed E-state index contributed by atoms with van der Waals surface area (Å²) >= 11 is 0. The average molecular weight is 251 g/mol. The van der Waals surface area contributed by atoms with Crippen molar-refractivity contribution in [2.45, 2.75) is 27.2 Å². The first-order valence-electron chi connectivity index (χ1n) is 6.12. The van der Waals surface area contributed by atoms with E-state index in [9.17, 15) is 4.79 Å². The van der Waals surface area contributed by atoms with Crippen LogP contribution >= 0.6 is 0 Å². The number of anilines is 2. The molecule has 0 unspecified atom stereocenters. The summed E-state index contributed by atoms with van der Waals surface area (Å²) in [5, 5.41) is 8.95. The minimum Gasteiger partial charge on any atom is -0.373 e. The van der Waals surface area contributed by atoms with E-state index in [1.807, 2.05) is 27.8 Å². The fourth-order valence-electron chi connectivity index (χ4n) is 1.62. The number of hydrogen-bond acceptors (Lipinski definition) is 5. The molecule has 1 aromatic rings. The number of aryl methyl sites for hydroxylation is 1. The van der Waals surface area contributed by atoms with Gasteiger partial charge in [-0.05, 0) is 20.8 Å². The maximum absolute atomic E-state index is 11.3. The van der Waals surface area contributed by atoms with E-state index in [-0.39, 0.29) is 5.91 Å². The number of rotatable bonds is 6. The molecule has 3 N–H and O–H groups in total. The summed E-state index contributed by atoms with van der Waals surface area (Å²) in [5.74, 6) is 2.33. The van der Waals surface area contributed by atoms with E-state index < -0.39 is 0 Å². The van der Waals surface area contributed by atoms with Crippen molar-refractivity contribution >= 4 is 17.5 Å². The van der Waals surface area contributed by atoms with Crippen LogP contribution in [0.4, 0.5) is 11.6 Å². The third kappa shape index (κ3) is 3.87. The number of carbonyl (C=O) groups is 1. The summed E-state index contributed by atoms with van der Waals surface area (Å²) in [5.41, 5.74) is 0.957. The molecule has 1 heterocycles. The van der Waals surface area contributed by atoms with Crippen LogP contribution in [0.1, 0.15) is 24.7 Å². The summed E-state index contributed by atoms with van der Waals surface area (Å²) in [4.78, 5) is 19.9. The van der Waals surface area contributed by atoms with Crippen LogP contribution in [0.2, 0.25) is 0 Å². The van der Waals surface area contributed by atoms with Gasteiger partial charge < -0.3 is 16.0 Å². The molecule has 100 valence electrons. The molecule has 0 aliphatic carbocycles. The van der Waals surface area contributed by atoms with Gasteiger partial charge in [-0.2, -0.15) is 0 Å². The van der Waals surface area contributed by atoms with E-state index in [0.29, 0.717) is 25.3 Å². The number of nitrogens with zero attached hydrogens (tertiary/aromatic N) is 2. The Balaban J connectivity index is 2.62. The highest BCUT2D eigenvalue weighted by Crippen LogP contribution is 2.18. The third-order valence-electron chi connectivity index (χ3n) is 2.51. The van der Waals surface area contributed by atoms with Crippen LogP contribution in [0.3, 0.4) is 0 Å². The van der Waals surface area contributed by atoms with Crippen molar-refractivity contribution in [3.63, 3.8) is 0 Å². The normalized spacial score (nSPS) is 10.0. The van der Waals surface area contributed by atoms with E-state index in [2.05, 4.69) is 25.9 Å². The van der Waals surface area contributed by atoms with Crippen LogP contribution in [0.25, 0.3) is 0 Å². The summed E-state index contributed by atoms with van der Waals surface area (Å²) in [6.45, 7) is 6.91. The van der Waals surface area contributed by atoms with E-state index in [1.54, 1.807) is 0 Å². The fourth-order valence-corrected chi connectivity index (χ4v) is 1.62. The van der Waals surface area contributed by atoms with Crippen LogP contribution in [-0.4, -0.2) is 36.0 Å². The maximum atomic E-state index is 11.3. The van der Waals surface area contributed by atoms with Crippen molar-refractivity contribution in [2.75, 3.05) is 30.8 Å². The van der Waals surface area contributed by atoms with Gasteiger partial charge in [-0.3, -0.25) is 4.79 Å². The Morgan fingerprint density at radius 1 is 1.22 bits per heavy atom. The Kier molecular flexibility index (Phi) is 5.35. The maximum Gasteiger partial charge on any atom is 0.221 e. The lowest BCUT2D eigenvalue weighted by molar-refractivity contribution is -0.120.